The number of nitrogen functional groups attached to an aromatic ring is 1. The fourth-order valence-electron chi connectivity index (χ4n) is 2.67. The van der Waals surface area contributed by atoms with Crippen molar-refractivity contribution in [2.75, 3.05) is 5.73 Å². The molecule has 2 N–H and O–H groups in total. The Labute approximate surface area is 133 Å². The number of aryl methyl sites for hydroxylation is 1. The topological polar surface area (TPSA) is 65.2 Å². The maximum Gasteiger partial charge on any atom is 0.226 e. The van der Waals surface area contributed by atoms with Crippen LogP contribution in [0.1, 0.15) is 17.2 Å². The third kappa shape index (κ3) is 2.59. The van der Waals surface area contributed by atoms with Crippen LogP contribution in [-0.4, -0.2) is 4.98 Å². The van der Waals surface area contributed by atoms with Crippen LogP contribution in [0.2, 0.25) is 0 Å². The molecule has 4 nitrogen and oxygen atoms in total. The zero-order valence-corrected chi connectivity index (χ0v) is 12.7. The summed E-state index contributed by atoms with van der Waals surface area (Å²) in [5.74, 6) is 2.30. The van der Waals surface area contributed by atoms with Gasteiger partial charge in [0.25, 0.3) is 0 Å². The van der Waals surface area contributed by atoms with Crippen LogP contribution < -0.4 is 5.73 Å². The molecule has 0 saturated heterocycles. The summed E-state index contributed by atoms with van der Waals surface area (Å²) >= 11 is 0. The Balaban J connectivity index is 1.66. The van der Waals surface area contributed by atoms with Crippen LogP contribution in [0, 0.1) is 6.92 Å². The van der Waals surface area contributed by atoms with Crippen molar-refractivity contribution in [3.8, 4) is 11.5 Å². The molecule has 114 valence electrons. The van der Waals surface area contributed by atoms with E-state index in [4.69, 9.17) is 14.6 Å². The van der Waals surface area contributed by atoms with Gasteiger partial charge in [0, 0.05) is 16.6 Å². The van der Waals surface area contributed by atoms with Gasteiger partial charge in [-0.05, 0) is 43.3 Å². The van der Waals surface area contributed by atoms with E-state index in [0.29, 0.717) is 12.3 Å². The van der Waals surface area contributed by atoms with Gasteiger partial charge in [0.05, 0.1) is 12.1 Å². The number of nitrogens with two attached hydrogens (primary N) is 1. The van der Waals surface area contributed by atoms with E-state index < -0.39 is 0 Å². The van der Waals surface area contributed by atoms with Crippen LogP contribution in [0.25, 0.3) is 22.4 Å². The summed E-state index contributed by atoms with van der Waals surface area (Å²) in [4.78, 5) is 4.61. The van der Waals surface area contributed by atoms with Crippen LogP contribution in [0.15, 0.2) is 63.4 Å². The SMILES string of the molecule is Cc1oc(-c2ccccc2)nc1Cc1cc2cc(N)ccc2o1. The standard InChI is InChI=1S/C19H16N2O2/c1-12-17(21-19(22-12)13-5-3-2-4-6-13)11-16-10-14-9-15(20)7-8-18(14)23-16/h2-10H,11,20H2,1H3. The van der Waals surface area contributed by atoms with Gasteiger partial charge in [0.2, 0.25) is 5.89 Å². The lowest BCUT2D eigenvalue weighted by Crippen LogP contribution is -1.88. The Kier molecular flexibility index (Phi) is 3.15. The first-order valence-electron chi connectivity index (χ1n) is 7.49. The van der Waals surface area contributed by atoms with Gasteiger partial charge >= 0.3 is 0 Å². The molecule has 0 bridgehead atoms. The molecule has 4 aromatic rings. The third-order valence-electron chi connectivity index (χ3n) is 3.85. The molecular formula is C19H16N2O2. The summed E-state index contributed by atoms with van der Waals surface area (Å²) in [6, 6.07) is 17.5. The van der Waals surface area contributed by atoms with Crippen molar-refractivity contribution in [1.82, 2.24) is 4.98 Å². The van der Waals surface area contributed by atoms with Gasteiger partial charge in [0.1, 0.15) is 17.1 Å². The van der Waals surface area contributed by atoms with Gasteiger partial charge in [-0.2, -0.15) is 0 Å². The quantitative estimate of drug-likeness (QED) is 0.563. The highest BCUT2D eigenvalue weighted by atomic mass is 16.4. The normalized spacial score (nSPS) is 11.2. The predicted octanol–water partition coefficient (Wildman–Crippen LogP) is 4.57. The molecular weight excluding hydrogens is 288 g/mol. The average molecular weight is 304 g/mol. The Morgan fingerprint density at radius 1 is 1.00 bits per heavy atom. The van der Waals surface area contributed by atoms with Crippen LogP contribution in [-0.2, 0) is 6.42 Å². The maximum atomic E-state index is 5.86. The molecule has 0 aliphatic rings. The summed E-state index contributed by atoms with van der Waals surface area (Å²) in [6.07, 6.45) is 0.594. The van der Waals surface area contributed by atoms with Crippen LogP contribution in [0.5, 0.6) is 0 Å². The molecule has 2 aromatic heterocycles. The number of furan rings is 1. The zero-order chi connectivity index (χ0) is 15.8. The molecule has 4 rings (SSSR count). The third-order valence-corrected chi connectivity index (χ3v) is 3.85. The first-order valence-corrected chi connectivity index (χ1v) is 7.49. The van der Waals surface area contributed by atoms with Gasteiger partial charge in [-0.1, -0.05) is 18.2 Å². The van der Waals surface area contributed by atoms with Crippen molar-refractivity contribution in [3.05, 3.63) is 71.8 Å². The minimum atomic E-state index is 0.594. The number of fused-ring (bicyclic) bond motifs is 1. The van der Waals surface area contributed by atoms with E-state index in [-0.39, 0.29) is 0 Å². The summed E-state index contributed by atoms with van der Waals surface area (Å²) < 4.78 is 11.7. The highest BCUT2D eigenvalue weighted by molar-refractivity contribution is 5.81. The number of hydrogen-bond donors (Lipinski definition) is 1. The lowest BCUT2D eigenvalue weighted by Gasteiger charge is -1.93. The second-order valence-corrected chi connectivity index (χ2v) is 5.57. The van der Waals surface area contributed by atoms with E-state index in [2.05, 4.69) is 4.98 Å². The van der Waals surface area contributed by atoms with Crippen molar-refractivity contribution < 1.29 is 8.83 Å². The number of anilines is 1. The fourth-order valence-corrected chi connectivity index (χ4v) is 2.67. The van der Waals surface area contributed by atoms with E-state index in [0.717, 1.165) is 39.4 Å². The minimum absolute atomic E-state index is 0.594. The number of oxazole rings is 1. The summed E-state index contributed by atoms with van der Waals surface area (Å²) in [5, 5.41) is 1.00. The van der Waals surface area contributed by atoms with Crippen molar-refractivity contribution in [1.29, 1.82) is 0 Å². The molecule has 0 atom stereocenters. The molecule has 23 heavy (non-hydrogen) atoms. The molecule has 2 heterocycles. The molecule has 0 aliphatic carbocycles. The summed E-state index contributed by atoms with van der Waals surface area (Å²) in [5.41, 5.74) is 9.23. The van der Waals surface area contributed by atoms with E-state index in [9.17, 15) is 0 Å². The largest absolute Gasteiger partial charge is 0.461 e. The Bertz CT molecular complexity index is 968. The molecule has 0 aliphatic heterocycles. The van der Waals surface area contributed by atoms with Gasteiger partial charge in [0.15, 0.2) is 0 Å². The molecule has 0 amide bonds. The monoisotopic (exact) mass is 304 g/mol. The van der Waals surface area contributed by atoms with E-state index >= 15 is 0 Å². The van der Waals surface area contributed by atoms with Crippen LogP contribution in [0.3, 0.4) is 0 Å². The molecule has 0 saturated carbocycles. The Morgan fingerprint density at radius 2 is 1.83 bits per heavy atom. The lowest BCUT2D eigenvalue weighted by molar-refractivity contribution is 0.533. The number of nitrogens with zero attached hydrogens (tertiary/aromatic N) is 1. The van der Waals surface area contributed by atoms with Crippen molar-refractivity contribution in [3.63, 3.8) is 0 Å². The van der Waals surface area contributed by atoms with Crippen LogP contribution >= 0.6 is 0 Å². The number of benzene rings is 2. The lowest BCUT2D eigenvalue weighted by atomic mass is 10.2. The van der Waals surface area contributed by atoms with Crippen molar-refractivity contribution in [2.24, 2.45) is 0 Å². The first kappa shape index (κ1) is 13.6. The Morgan fingerprint density at radius 3 is 2.65 bits per heavy atom. The number of aromatic nitrogens is 1. The van der Waals surface area contributed by atoms with E-state index in [1.54, 1.807) is 0 Å². The van der Waals surface area contributed by atoms with Gasteiger partial charge in [-0.25, -0.2) is 4.98 Å². The average Bonchev–Trinajstić information content (AvgIpc) is 3.11. The maximum absolute atomic E-state index is 5.86. The molecule has 4 heteroatoms. The zero-order valence-electron chi connectivity index (χ0n) is 12.7. The number of hydrogen-bond acceptors (Lipinski definition) is 4. The predicted molar refractivity (Wildman–Crippen MR) is 90.1 cm³/mol. The van der Waals surface area contributed by atoms with Crippen molar-refractivity contribution >= 4 is 16.7 Å². The highest BCUT2D eigenvalue weighted by Crippen LogP contribution is 2.26. The highest BCUT2D eigenvalue weighted by Gasteiger charge is 2.14. The van der Waals surface area contributed by atoms with Gasteiger partial charge in [-0.3, -0.25) is 0 Å². The van der Waals surface area contributed by atoms with Crippen molar-refractivity contribution in [2.45, 2.75) is 13.3 Å². The molecule has 0 spiro atoms. The van der Waals surface area contributed by atoms with E-state index in [1.807, 2.05) is 61.5 Å². The molecule has 0 radical (unpaired) electrons. The molecule has 2 aromatic carbocycles. The Hall–Kier alpha value is -3.01. The summed E-state index contributed by atoms with van der Waals surface area (Å²) in [6.45, 7) is 1.93. The fraction of sp³-hybridized carbons (Fsp3) is 0.105. The minimum Gasteiger partial charge on any atom is -0.461 e. The number of rotatable bonds is 3. The van der Waals surface area contributed by atoms with E-state index in [1.165, 1.54) is 0 Å². The van der Waals surface area contributed by atoms with Gasteiger partial charge < -0.3 is 14.6 Å². The van der Waals surface area contributed by atoms with Crippen LogP contribution in [0.4, 0.5) is 5.69 Å². The second-order valence-electron chi connectivity index (χ2n) is 5.57. The smallest absolute Gasteiger partial charge is 0.226 e. The molecule has 0 unspecified atom stereocenters. The summed E-state index contributed by atoms with van der Waals surface area (Å²) in [7, 11) is 0. The second kappa shape index (κ2) is 5.32. The molecule has 0 fully saturated rings. The van der Waals surface area contributed by atoms with Gasteiger partial charge in [-0.15, -0.1) is 0 Å². The first-order chi connectivity index (χ1) is 11.2.